The van der Waals surface area contributed by atoms with Gasteiger partial charge in [-0.2, -0.15) is 0 Å². The van der Waals surface area contributed by atoms with Gasteiger partial charge in [-0.05, 0) is 42.8 Å². The number of aliphatic hydroxyl groups is 1. The van der Waals surface area contributed by atoms with Crippen LogP contribution in [0.3, 0.4) is 0 Å². The van der Waals surface area contributed by atoms with Crippen molar-refractivity contribution in [3.8, 4) is 0 Å². The number of β-amino-alcohol motifs (C(OH)–C–C–N with tert-alkyl or cyclic N) is 1. The van der Waals surface area contributed by atoms with Gasteiger partial charge in [0.15, 0.2) is 0 Å². The molecule has 2 unspecified atom stereocenters. The van der Waals surface area contributed by atoms with E-state index in [1.807, 2.05) is 6.07 Å². The second kappa shape index (κ2) is 4.63. The Bertz CT molecular complexity index is 573. The third-order valence-electron chi connectivity index (χ3n) is 3.59. The fourth-order valence-corrected chi connectivity index (χ4v) is 2.67. The van der Waals surface area contributed by atoms with Crippen molar-refractivity contribution >= 4 is 10.9 Å². The first-order valence-electron chi connectivity index (χ1n) is 6.18. The Balaban J connectivity index is 2.12. The van der Waals surface area contributed by atoms with Crippen LogP contribution in [-0.4, -0.2) is 29.3 Å². The van der Waals surface area contributed by atoms with E-state index in [2.05, 4.69) is 10.3 Å². The molecular formula is C14H15FN2O. The summed E-state index contributed by atoms with van der Waals surface area (Å²) in [6, 6.07) is 6.49. The lowest BCUT2D eigenvalue weighted by molar-refractivity contribution is 0.119. The largest absolute Gasteiger partial charge is 0.391 e. The number of hydrogen-bond acceptors (Lipinski definition) is 3. The number of benzene rings is 1. The van der Waals surface area contributed by atoms with E-state index in [9.17, 15) is 9.50 Å². The van der Waals surface area contributed by atoms with Crippen molar-refractivity contribution in [1.82, 2.24) is 10.3 Å². The van der Waals surface area contributed by atoms with Crippen LogP contribution in [-0.2, 0) is 0 Å². The number of hydrogen-bond donors (Lipinski definition) is 2. The first kappa shape index (κ1) is 11.6. The summed E-state index contributed by atoms with van der Waals surface area (Å²) in [6.45, 7) is 1.46. The van der Waals surface area contributed by atoms with Crippen LogP contribution >= 0.6 is 0 Å². The second-order valence-electron chi connectivity index (χ2n) is 4.73. The summed E-state index contributed by atoms with van der Waals surface area (Å²) < 4.78 is 13.4. The van der Waals surface area contributed by atoms with Gasteiger partial charge in [0.05, 0.1) is 11.6 Å². The summed E-state index contributed by atoms with van der Waals surface area (Å²) in [7, 11) is 0. The highest BCUT2D eigenvalue weighted by molar-refractivity contribution is 5.82. The zero-order valence-electron chi connectivity index (χ0n) is 9.94. The highest BCUT2D eigenvalue weighted by Crippen LogP contribution is 2.31. The maximum absolute atomic E-state index is 13.4. The molecule has 2 aromatic rings. The maximum Gasteiger partial charge on any atom is 0.123 e. The molecule has 0 aliphatic carbocycles. The molecule has 0 bridgehead atoms. The molecule has 4 heteroatoms. The number of halogens is 1. The number of aromatic nitrogens is 1. The molecule has 0 radical (unpaired) electrons. The summed E-state index contributed by atoms with van der Waals surface area (Å²) in [5.41, 5.74) is 1.77. The predicted molar refractivity (Wildman–Crippen MR) is 67.9 cm³/mol. The summed E-state index contributed by atoms with van der Waals surface area (Å²) in [5.74, 6) is -0.210. The molecular weight excluding hydrogens is 231 g/mol. The van der Waals surface area contributed by atoms with Crippen LogP contribution in [0.25, 0.3) is 10.9 Å². The molecule has 2 N–H and O–H groups in total. The van der Waals surface area contributed by atoms with Crippen molar-refractivity contribution in [1.29, 1.82) is 0 Å². The summed E-state index contributed by atoms with van der Waals surface area (Å²) in [4.78, 5) is 4.24. The van der Waals surface area contributed by atoms with Gasteiger partial charge < -0.3 is 10.4 Å². The minimum Gasteiger partial charge on any atom is -0.391 e. The molecule has 3 nitrogen and oxygen atoms in total. The molecule has 2 atom stereocenters. The van der Waals surface area contributed by atoms with Crippen LogP contribution in [0.5, 0.6) is 0 Å². The van der Waals surface area contributed by atoms with E-state index in [0.717, 1.165) is 29.4 Å². The average Bonchev–Trinajstić information content (AvgIpc) is 2.39. The van der Waals surface area contributed by atoms with E-state index in [0.29, 0.717) is 6.54 Å². The smallest absolute Gasteiger partial charge is 0.123 e. The van der Waals surface area contributed by atoms with E-state index >= 15 is 0 Å². The Morgan fingerprint density at radius 1 is 1.33 bits per heavy atom. The van der Waals surface area contributed by atoms with Gasteiger partial charge in [-0.25, -0.2) is 4.39 Å². The number of piperidine rings is 1. The van der Waals surface area contributed by atoms with Gasteiger partial charge in [-0.3, -0.25) is 4.98 Å². The van der Waals surface area contributed by atoms with Gasteiger partial charge in [0.25, 0.3) is 0 Å². The van der Waals surface area contributed by atoms with Crippen molar-refractivity contribution in [2.45, 2.75) is 18.4 Å². The zero-order chi connectivity index (χ0) is 12.5. The molecule has 0 amide bonds. The number of pyridine rings is 1. The van der Waals surface area contributed by atoms with Crippen LogP contribution in [0.15, 0.2) is 30.5 Å². The Kier molecular flexibility index (Phi) is 2.97. The zero-order valence-corrected chi connectivity index (χ0v) is 9.94. The molecule has 94 valence electrons. The fraction of sp³-hybridized carbons (Fsp3) is 0.357. The minimum absolute atomic E-state index is 0.0542. The first-order valence-corrected chi connectivity index (χ1v) is 6.18. The number of nitrogens with zero attached hydrogens (tertiary/aromatic N) is 1. The van der Waals surface area contributed by atoms with E-state index < -0.39 is 6.10 Å². The Morgan fingerprint density at radius 3 is 3.06 bits per heavy atom. The molecule has 1 aliphatic heterocycles. The molecule has 1 saturated heterocycles. The molecule has 2 heterocycles. The lowest BCUT2D eigenvalue weighted by Gasteiger charge is -2.29. The molecule has 1 aromatic carbocycles. The summed E-state index contributed by atoms with van der Waals surface area (Å²) in [5, 5.41) is 14.0. The van der Waals surface area contributed by atoms with Gasteiger partial charge >= 0.3 is 0 Å². The van der Waals surface area contributed by atoms with Gasteiger partial charge in [0, 0.05) is 24.0 Å². The Hall–Kier alpha value is -1.52. The number of aliphatic hydroxyl groups excluding tert-OH is 1. The first-order chi connectivity index (χ1) is 8.75. The lowest BCUT2D eigenvalue weighted by atomic mass is 9.86. The monoisotopic (exact) mass is 246 g/mol. The van der Waals surface area contributed by atoms with E-state index in [-0.39, 0.29) is 11.7 Å². The second-order valence-corrected chi connectivity index (χ2v) is 4.73. The third-order valence-corrected chi connectivity index (χ3v) is 3.59. The summed E-state index contributed by atoms with van der Waals surface area (Å²) >= 11 is 0. The van der Waals surface area contributed by atoms with Crippen LogP contribution in [0.2, 0.25) is 0 Å². The fourth-order valence-electron chi connectivity index (χ4n) is 2.67. The minimum atomic E-state index is -0.424. The van der Waals surface area contributed by atoms with Crippen molar-refractivity contribution in [3.05, 3.63) is 41.8 Å². The topological polar surface area (TPSA) is 45.1 Å². The van der Waals surface area contributed by atoms with E-state index in [4.69, 9.17) is 0 Å². The molecule has 1 fully saturated rings. The molecule has 0 spiro atoms. The van der Waals surface area contributed by atoms with Crippen LogP contribution in [0.1, 0.15) is 17.9 Å². The molecule has 1 aromatic heterocycles. The van der Waals surface area contributed by atoms with Crippen molar-refractivity contribution < 1.29 is 9.50 Å². The van der Waals surface area contributed by atoms with Crippen LogP contribution in [0.4, 0.5) is 4.39 Å². The lowest BCUT2D eigenvalue weighted by Crippen LogP contribution is -2.39. The quantitative estimate of drug-likeness (QED) is 0.806. The summed E-state index contributed by atoms with van der Waals surface area (Å²) in [6.07, 6.45) is 2.16. The standard InChI is InChI=1S/C14H15FN2O/c15-9-1-2-13-12(7-9)10(4-6-17-13)11-3-5-16-8-14(11)18/h1-2,4,6-7,11,14,16,18H,3,5,8H2. The third kappa shape index (κ3) is 1.98. The van der Waals surface area contributed by atoms with Crippen molar-refractivity contribution in [2.24, 2.45) is 0 Å². The molecule has 1 aliphatic rings. The normalized spacial score (nSPS) is 24.3. The Labute approximate surface area is 105 Å². The van der Waals surface area contributed by atoms with Gasteiger partial charge in [0.2, 0.25) is 0 Å². The van der Waals surface area contributed by atoms with E-state index in [1.165, 1.54) is 12.1 Å². The van der Waals surface area contributed by atoms with E-state index in [1.54, 1.807) is 12.3 Å². The van der Waals surface area contributed by atoms with Crippen LogP contribution < -0.4 is 5.32 Å². The maximum atomic E-state index is 13.4. The number of nitrogens with one attached hydrogen (secondary N) is 1. The molecule has 0 saturated carbocycles. The molecule has 18 heavy (non-hydrogen) atoms. The Morgan fingerprint density at radius 2 is 2.22 bits per heavy atom. The van der Waals surface area contributed by atoms with Crippen molar-refractivity contribution in [2.75, 3.05) is 13.1 Å². The van der Waals surface area contributed by atoms with Gasteiger partial charge in [0.1, 0.15) is 5.82 Å². The highest BCUT2D eigenvalue weighted by Gasteiger charge is 2.25. The van der Waals surface area contributed by atoms with Gasteiger partial charge in [-0.1, -0.05) is 0 Å². The number of rotatable bonds is 1. The average molecular weight is 246 g/mol. The van der Waals surface area contributed by atoms with Gasteiger partial charge in [-0.15, -0.1) is 0 Å². The number of fused-ring (bicyclic) bond motifs is 1. The van der Waals surface area contributed by atoms with Crippen LogP contribution in [0, 0.1) is 5.82 Å². The SMILES string of the molecule is OC1CNCCC1c1ccnc2ccc(F)cc12. The predicted octanol–water partition coefficient (Wildman–Crippen LogP) is 1.81. The highest BCUT2D eigenvalue weighted by atomic mass is 19.1. The van der Waals surface area contributed by atoms with Crippen molar-refractivity contribution in [3.63, 3.8) is 0 Å². The molecule has 3 rings (SSSR count).